The minimum Gasteiger partial charge on any atom is -0.493 e. The maximum absolute atomic E-state index is 11.0. The number of benzene rings is 1. The SMILES string of the molecule is CC(=O)NCC1COc2ccc(N3CCCCC3)cc2C1. The third kappa shape index (κ3) is 3.49. The Bertz CT molecular complexity index is 510. The molecule has 2 heterocycles. The second-order valence-corrected chi connectivity index (χ2v) is 6.16. The molecule has 0 aliphatic carbocycles. The third-order valence-electron chi connectivity index (χ3n) is 4.39. The van der Waals surface area contributed by atoms with Gasteiger partial charge >= 0.3 is 0 Å². The molecule has 1 N–H and O–H groups in total. The number of ether oxygens (including phenoxy) is 1. The lowest BCUT2D eigenvalue weighted by Gasteiger charge is -2.31. The topological polar surface area (TPSA) is 41.6 Å². The molecule has 0 aromatic heterocycles. The van der Waals surface area contributed by atoms with E-state index in [1.165, 1.54) is 30.5 Å². The fraction of sp³-hybridized carbons (Fsp3) is 0.588. The minimum absolute atomic E-state index is 0.0304. The van der Waals surface area contributed by atoms with Crippen LogP contribution in [0.3, 0.4) is 0 Å². The van der Waals surface area contributed by atoms with Gasteiger partial charge in [-0.2, -0.15) is 0 Å². The van der Waals surface area contributed by atoms with Gasteiger partial charge in [-0.05, 0) is 49.4 Å². The molecule has 0 radical (unpaired) electrons. The smallest absolute Gasteiger partial charge is 0.216 e. The number of nitrogens with zero attached hydrogens (tertiary/aromatic N) is 1. The summed E-state index contributed by atoms with van der Waals surface area (Å²) in [4.78, 5) is 13.5. The van der Waals surface area contributed by atoms with Crippen LogP contribution in [0.25, 0.3) is 0 Å². The summed E-state index contributed by atoms with van der Waals surface area (Å²) >= 11 is 0. The first kappa shape index (κ1) is 14.2. The van der Waals surface area contributed by atoms with Gasteiger partial charge in [-0.25, -0.2) is 0 Å². The van der Waals surface area contributed by atoms with Gasteiger partial charge in [0, 0.05) is 38.2 Å². The third-order valence-corrected chi connectivity index (χ3v) is 4.39. The van der Waals surface area contributed by atoms with Crippen molar-refractivity contribution in [1.29, 1.82) is 0 Å². The number of hydrogen-bond donors (Lipinski definition) is 1. The van der Waals surface area contributed by atoms with Crippen LogP contribution >= 0.6 is 0 Å². The van der Waals surface area contributed by atoms with Crippen LogP contribution in [0, 0.1) is 5.92 Å². The van der Waals surface area contributed by atoms with E-state index in [9.17, 15) is 4.79 Å². The van der Waals surface area contributed by atoms with Crippen molar-refractivity contribution < 1.29 is 9.53 Å². The van der Waals surface area contributed by atoms with E-state index in [4.69, 9.17) is 4.74 Å². The molecule has 1 unspecified atom stereocenters. The molecule has 0 saturated carbocycles. The van der Waals surface area contributed by atoms with Crippen LogP contribution in [0.15, 0.2) is 18.2 Å². The Labute approximate surface area is 126 Å². The van der Waals surface area contributed by atoms with Gasteiger partial charge in [-0.1, -0.05) is 0 Å². The average molecular weight is 288 g/mol. The lowest BCUT2D eigenvalue weighted by atomic mass is 9.95. The fourth-order valence-corrected chi connectivity index (χ4v) is 3.21. The zero-order valence-electron chi connectivity index (χ0n) is 12.7. The summed E-state index contributed by atoms with van der Waals surface area (Å²) in [6.07, 6.45) is 4.91. The molecule has 1 aromatic rings. The van der Waals surface area contributed by atoms with Gasteiger partial charge in [0.25, 0.3) is 0 Å². The van der Waals surface area contributed by atoms with E-state index in [2.05, 4.69) is 28.4 Å². The number of piperidine rings is 1. The van der Waals surface area contributed by atoms with Crippen molar-refractivity contribution in [3.63, 3.8) is 0 Å². The quantitative estimate of drug-likeness (QED) is 0.928. The second-order valence-electron chi connectivity index (χ2n) is 6.16. The Balaban J connectivity index is 1.69. The highest BCUT2D eigenvalue weighted by Gasteiger charge is 2.21. The molecule has 0 bridgehead atoms. The van der Waals surface area contributed by atoms with E-state index in [-0.39, 0.29) is 5.91 Å². The number of amides is 1. The average Bonchev–Trinajstić information content (AvgIpc) is 2.53. The first-order valence-corrected chi connectivity index (χ1v) is 7.97. The molecule has 21 heavy (non-hydrogen) atoms. The highest BCUT2D eigenvalue weighted by Crippen LogP contribution is 2.32. The minimum atomic E-state index is 0.0304. The zero-order chi connectivity index (χ0) is 14.7. The first-order valence-electron chi connectivity index (χ1n) is 7.97. The number of rotatable bonds is 3. The fourth-order valence-electron chi connectivity index (χ4n) is 3.21. The summed E-state index contributed by atoms with van der Waals surface area (Å²) < 4.78 is 5.84. The van der Waals surface area contributed by atoms with Gasteiger partial charge in [-0.3, -0.25) is 4.79 Å². The number of carbonyl (C=O) groups is 1. The lowest BCUT2D eigenvalue weighted by Crippen LogP contribution is -2.34. The van der Waals surface area contributed by atoms with Crippen LogP contribution in [0.5, 0.6) is 5.75 Å². The van der Waals surface area contributed by atoms with Crippen molar-refractivity contribution in [3.8, 4) is 5.75 Å². The van der Waals surface area contributed by atoms with Crippen LogP contribution < -0.4 is 15.0 Å². The maximum Gasteiger partial charge on any atom is 0.216 e. The van der Waals surface area contributed by atoms with Crippen molar-refractivity contribution in [2.45, 2.75) is 32.6 Å². The molecule has 114 valence electrons. The standard InChI is InChI=1S/C17H24N2O2/c1-13(20)18-11-14-9-15-10-16(5-6-17(15)21-12-14)19-7-3-2-4-8-19/h5-6,10,14H,2-4,7-9,11-12H2,1H3,(H,18,20). The molecule has 1 saturated heterocycles. The van der Waals surface area contributed by atoms with Crippen molar-refractivity contribution in [2.24, 2.45) is 5.92 Å². The predicted octanol–water partition coefficient (Wildman–Crippen LogP) is 2.36. The van der Waals surface area contributed by atoms with Gasteiger partial charge in [0.2, 0.25) is 5.91 Å². The lowest BCUT2D eigenvalue weighted by molar-refractivity contribution is -0.119. The van der Waals surface area contributed by atoms with E-state index in [0.717, 1.165) is 25.3 Å². The molecule has 1 fully saturated rings. The molecule has 0 spiro atoms. The van der Waals surface area contributed by atoms with E-state index < -0.39 is 0 Å². The van der Waals surface area contributed by atoms with Gasteiger partial charge in [0.05, 0.1) is 6.61 Å². The molecule has 4 nitrogen and oxygen atoms in total. The maximum atomic E-state index is 11.0. The molecule has 2 aliphatic rings. The molecule has 3 rings (SSSR count). The zero-order valence-corrected chi connectivity index (χ0v) is 12.7. The number of hydrogen-bond acceptors (Lipinski definition) is 3. The van der Waals surface area contributed by atoms with E-state index >= 15 is 0 Å². The summed E-state index contributed by atoms with van der Waals surface area (Å²) in [6.45, 7) is 5.27. The van der Waals surface area contributed by atoms with E-state index in [1.807, 2.05) is 0 Å². The Kier molecular flexibility index (Phi) is 4.32. The Morgan fingerprint density at radius 1 is 1.33 bits per heavy atom. The van der Waals surface area contributed by atoms with E-state index in [0.29, 0.717) is 19.1 Å². The Morgan fingerprint density at radius 3 is 2.90 bits per heavy atom. The van der Waals surface area contributed by atoms with Gasteiger partial charge in [-0.15, -0.1) is 0 Å². The summed E-state index contributed by atoms with van der Waals surface area (Å²) in [5.41, 5.74) is 2.59. The van der Waals surface area contributed by atoms with Crippen LogP contribution in [0.2, 0.25) is 0 Å². The molecule has 1 atom stereocenters. The number of carbonyl (C=O) groups excluding carboxylic acids is 1. The van der Waals surface area contributed by atoms with Crippen LogP contribution in [0.1, 0.15) is 31.7 Å². The monoisotopic (exact) mass is 288 g/mol. The highest BCUT2D eigenvalue weighted by atomic mass is 16.5. The predicted molar refractivity (Wildman–Crippen MR) is 83.9 cm³/mol. The van der Waals surface area contributed by atoms with Crippen molar-refractivity contribution in [3.05, 3.63) is 23.8 Å². The van der Waals surface area contributed by atoms with Crippen molar-refractivity contribution in [2.75, 3.05) is 31.1 Å². The Morgan fingerprint density at radius 2 is 2.14 bits per heavy atom. The molecule has 2 aliphatic heterocycles. The first-order chi connectivity index (χ1) is 10.2. The number of fused-ring (bicyclic) bond motifs is 1. The largest absolute Gasteiger partial charge is 0.493 e. The second kappa shape index (κ2) is 6.37. The molecular weight excluding hydrogens is 264 g/mol. The van der Waals surface area contributed by atoms with Gasteiger partial charge < -0.3 is 15.0 Å². The van der Waals surface area contributed by atoms with Gasteiger partial charge in [0.1, 0.15) is 5.75 Å². The summed E-state index contributed by atoms with van der Waals surface area (Å²) in [7, 11) is 0. The molecule has 1 amide bonds. The van der Waals surface area contributed by atoms with Crippen LogP contribution in [-0.2, 0) is 11.2 Å². The number of anilines is 1. The van der Waals surface area contributed by atoms with Crippen LogP contribution in [-0.4, -0.2) is 32.1 Å². The molecule has 1 aromatic carbocycles. The van der Waals surface area contributed by atoms with Gasteiger partial charge in [0.15, 0.2) is 0 Å². The molecular formula is C17H24N2O2. The summed E-state index contributed by atoms with van der Waals surface area (Å²) in [5, 5.41) is 2.89. The van der Waals surface area contributed by atoms with E-state index in [1.54, 1.807) is 6.92 Å². The Hall–Kier alpha value is -1.71. The van der Waals surface area contributed by atoms with Crippen LogP contribution in [0.4, 0.5) is 5.69 Å². The number of nitrogens with one attached hydrogen (secondary N) is 1. The highest BCUT2D eigenvalue weighted by molar-refractivity contribution is 5.72. The normalized spacial score (nSPS) is 21.4. The van der Waals surface area contributed by atoms with Crippen molar-refractivity contribution >= 4 is 11.6 Å². The summed E-state index contributed by atoms with van der Waals surface area (Å²) in [6, 6.07) is 6.56. The summed E-state index contributed by atoms with van der Waals surface area (Å²) in [5.74, 6) is 1.41. The molecule has 4 heteroatoms. The van der Waals surface area contributed by atoms with Crippen molar-refractivity contribution in [1.82, 2.24) is 5.32 Å².